The number of rotatable bonds is 7. The second-order valence-electron chi connectivity index (χ2n) is 9.88. The summed E-state index contributed by atoms with van der Waals surface area (Å²) in [6.07, 6.45) is 2.57. The Bertz CT molecular complexity index is 1050. The lowest BCUT2D eigenvalue weighted by atomic mass is 9.88. The lowest BCUT2D eigenvalue weighted by Gasteiger charge is -2.24. The largest absolute Gasteiger partial charge is 0.373 e. The van der Waals surface area contributed by atoms with Gasteiger partial charge in [-0.05, 0) is 52.1 Å². The van der Waals surface area contributed by atoms with E-state index in [9.17, 15) is 0 Å². The molecular formula is C30H34O2. The molecule has 4 atom stereocenters. The molecule has 0 heterocycles. The van der Waals surface area contributed by atoms with Crippen LogP contribution in [0.4, 0.5) is 0 Å². The summed E-state index contributed by atoms with van der Waals surface area (Å²) in [5, 5.41) is 0. The summed E-state index contributed by atoms with van der Waals surface area (Å²) < 4.78 is 12.8. The third kappa shape index (κ3) is 4.27. The van der Waals surface area contributed by atoms with Crippen molar-refractivity contribution in [2.75, 3.05) is 0 Å². The minimum Gasteiger partial charge on any atom is -0.373 e. The van der Waals surface area contributed by atoms with Crippen molar-refractivity contribution < 1.29 is 9.47 Å². The summed E-state index contributed by atoms with van der Waals surface area (Å²) in [4.78, 5) is 0. The van der Waals surface area contributed by atoms with E-state index in [0.717, 1.165) is 12.8 Å². The highest BCUT2D eigenvalue weighted by atomic mass is 16.5. The Morgan fingerprint density at radius 1 is 0.688 bits per heavy atom. The summed E-state index contributed by atoms with van der Waals surface area (Å²) in [6, 6.07) is 26.3. The van der Waals surface area contributed by atoms with Gasteiger partial charge in [0, 0.05) is 11.8 Å². The fraction of sp³-hybridized carbons (Fsp3) is 0.400. The average Bonchev–Trinajstić information content (AvgIpc) is 3.34. The molecular weight excluding hydrogens is 392 g/mol. The Morgan fingerprint density at radius 2 is 1.19 bits per heavy atom. The van der Waals surface area contributed by atoms with E-state index in [1.165, 1.54) is 33.4 Å². The second-order valence-corrected chi connectivity index (χ2v) is 9.88. The number of fused-ring (bicyclic) bond motifs is 2. The molecule has 2 aliphatic carbocycles. The number of benzene rings is 3. The Kier molecular flexibility index (Phi) is 6.17. The van der Waals surface area contributed by atoms with E-state index in [1.807, 2.05) is 0 Å². The highest BCUT2D eigenvalue weighted by Crippen LogP contribution is 2.40. The van der Waals surface area contributed by atoms with Crippen LogP contribution in [-0.2, 0) is 35.5 Å². The van der Waals surface area contributed by atoms with Crippen LogP contribution in [0.25, 0.3) is 0 Å². The first-order valence-corrected chi connectivity index (χ1v) is 12.1. The van der Waals surface area contributed by atoms with E-state index in [4.69, 9.17) is 9.47 Å². The van der Waals surface area contributed by atoms with Crippen LogP contribution in [0, 0.1) is 5.92 Å². The molecule has 3 aromatic carbocycles. The zero-order valence-corrected chi connectivity index (χ0v) is 19.5. The SMILES string of the molecule is CC(C)[C@H]1c2ccccc2C[C@H]1OCc1ccc(CO[C@@H]2Cc3ccccc3[C@@H]2C)cc1. The van der Waals surface area contributed by atoms with Gasteiger partial charge in [-0.25, -0.2) is 0 Å². The van der Waals surface area contributed by atoms with E-state index >= 15 is 0 Å². The molecule has 0 aliphatic heterocycles. The third-order valence-corrected chi connectivity index (χ3v) is 7.43. The fourth-order valence-electron chi connectivity index (χ4n) is 5.64. The van der Waals surface area contributed by atoms with Crippen molar-refractivity contribution in [1.82, 2.24) is 0 Å². The van der Waals surface area contributed by atoms with Crippen molar-refractivity contribution in [2.24, 2.45) is 5.92 Å². The lowest BCUT2D eigenvalue weighted by Crippen LogP contribution is -2.22. The molecule has 166 valence electrons. The Hall–Kier alpha value is -2.42. The molecule has 2 heteroatoms. The van der Waals surface area contributed by atoms with E-state index in [2.05, 4.69) is 93.6 Å². The third-order valence-electron chi connectivity index (χ3n) is 7.43. The quantitative estimate of drug-likeness (QED) is 0.413. The molecule has 5 rings (SSSR count). The number of ether oxygens (including phenoxy) is 2. The molecule has 0 aromatic heterocycles. The van der Waals surface area contributed by atoms with Crippen molar-refractivity contribution in [3.63, 3.8) is 0 Å². The highest BCUT2D eigenvalue weighted by molar-refractivity contribution is 5.38. The van der Waals surface area contributed by atoms with Gasteiger partial charge in [0.1, 0.15) is 0 Å². The number of hydrogen-bond acceptors (Lipinski definition) is 2. The molecule has 0 N–H and O–H groups in total. The first-order valence-electron chi connectivity index (χ1n) is 12.1. The first kappa shape index (κ1) is 21.4. The van der Waals surface area contributed by atoms with Gasteiger partial charge in [0.05, 0.1) is 25.4 Å². The first-order chi connectivity index (χ1) is 15.6. The van der Waals surface area contributed by atoms with Crippen LogP contribution in [0.15, 0.2) is 72.8 Å². The van der Waals surface area contributed by atoms with Crippen molar-refractivity contribution in [3.05, 3.63) is 106 Å². The van der Waals surface area contributed by atoms with E-state index in [1.54, 1.807) is 0 Å². The van der Waals surface area contributed by atoms with Gasteiger partial charge in [0.2, 0.25) is 0 Å². The monoisotopic (exact) mass is 426 g/mol. The standard InChI is InChI=1S/C30H34O2/c1-20(2)30-27-11-7-5-9-25(27)17-29(30)32-19-23-14-12-22(13-15-23)18-31-28-16-24-8-4-6-10-26(24)21(28)3/h4-15,20-21,28-30H,16-19H2,1-3H3/t21-,28+,29+,30-/m0/s1. The van der Waals surface area contributed by atoms with Crippen LogP contribution < -0.4 is 0 Å². The highest BCUT2D eigenvalue weighted by Gasteiger charge is 2.35. The summed E-state index contributed by atoms with van der Waals surface area (Å²) >= 11 is 0. The molecule has 0 amide bonds. The van der Waals surface area contributed by atoms with Crippen LogP contribution >= 0.6 is 0 Å². The summed E-state index contributed by atoms with van der Waals surface area (Å²) in [6.45, 7) is 8.22. The zero-order chi connectivity index (χ0) is 22.1. The Balaban J connectivity index is 1.15. The minimum atomic E-state index is 0.265. The summed E-state index contributed by atoms with van der Waals surface area (Å²) in [5.41, 5.74) is 8.26. The van der Waals surface area contributed by atoms with Gasteiger partial charge in [0.15, 0.2) is 0 Å². The van der Waals surface area contributed by atoms with Gasteiger partial charge >= 0.3 is 0 Å². The smallest absolute Gasteiger partial charge is 0.0721 e. The van der Waals surface area contributed by atoms with Gasteiger partial charge < -0.3 is 9.47 Å². The van der Waals surface area contributed by atoms with Crippen LogP contribution in [0.2, 0.25) is 0 Å². The molecule has 2 nitrogen and oxygen atoms in total. The van der Waals surface area contributed by atoms with Gasteiger partial charge in [-0.3, -0.25) is 0 Å². The lowest BCUT2D eigenvalue weighted by molar-refractivity contribution is 0.0203. The summed E-state index contributed by atoms with van der Waals surface area (Å²) in [5.74, 6) is 1.52. The average molecular weight is 427 g/mol. The van der Waals surface area contributed by atoms with Crippen molar-refractivity contribution >= 4 is 0 Å². The molecule has 0 bridgehead atoms. The Labute approximate surface area is 192 Å². The maximum Gasteiger partial charge on any atom is 0.0721 e. The van der Waals surface area contributed by atoms with Gasteiger partial charge in [-0.15, -0.1) is 0 Å². The van der Waals surface area contributed by atoms with Crippen LogP contribution in [-0.4, -0.2) is 12.2 Å². The maximum atomic E-state index is 6.45. The molecule has 0 spiro atoms. The van der Waals surface area contributed by atoms with Crippen LogP contribution in [0.3, 0.4) is 0 Å². The van der Waals surface area contributed by atoms with Gasteiger partial charge in [0.25, 0.3) is 0 Å². The van der Waals surface area contributed by atoms with E-state index in [-0.39, 0.29) is 12.2 Å². The molecule has 0 unspecified atom stereocenters. The molecule has 2 aliphatic rings. The van der Waals surface area contributed by atoms with E-state index in [0.29, 0.717) is 31.0 Å². The van der Waals surface area contributed by atoms with Gasteiger partial charge in [-0.1, -0.05) is 93.6 Å². The fourth-order valence-corrected chi connectivity index (χ4v) is 5.64. The normalized spacial score (nSPS) is 24.0. The molecule has 0 fully saturated rings. The van der Waals surface area contributed by atoms with Crippen molar-refractivity contribution in [2.45, 2.75) is 70.9 Å². The van der Waals surface area contributed by atoms with E-state index < -0.39 is 0 Å². The van der Waals surface area contributed by atoms with Gasteiger partial charge in [-0.2, -0.15) is 0 Å². The zero-order valence-electron chi connectivity index (χ0n) is 19.5. The van der Waals surface area contributed by atoms with Crippen molar-refractivity contribution in [1.29, 1.82) is 0 Å². The molecule has 0 saturated carbocycles. The van der Waals surface area contributed by atoms with Crippen molar-refractivity contribution in [3.8, 4) is 0 Å². The maximum absolute atomic E-state index is 6.45. The minimum absolute atomic E-state index is 0.265. The predicted octanol–water partition coefficient (Wildman–Crippen LogP) is 6.81. The topological polar surface area (TPSA) is 18.5 Å². The number of hydrogen-bond donors (Lipinski definition) is 0. The Morgan fingerprint density at radius 3 is 1.78 bits per heavy atom. The van der Waals surface area contributed by atoms with Crippen LogP contribution in [0.5, 0.6) is 0 Å². The summed E-state index contributed by atoms with van der Waals surface area (Å²) in [7, 11) is 0. The molecule has 0 saturated heterocycles. The predicted molar refractivity (Wildman–Crippen MR) is 130 cm³/mol. The molecule has 3 aromatic rings. The molecule has 32 heavy (non-hydrogen) atoms. The molecule has 0 radical (unpaired) electrons. The van der Waals surface area contributed by atoms with Crippen LogP contribution in [0.1, 0.15) is 66.0 Å². The second kappa shape index (κ2) is 9.21.